The number of nitrogens with two attached hydrogens (primary N) is 1. The summed E-state index contributed by atoms with van der Waals surface area (Å²) in [5, 5.41) is 3.67. The molecule has 0 aliphatic heterocycles. The molecule has 2 rings (SSSR count). The monoisotopic (exact) mass is 231 g/mol. The highest BCUT2D eigenvalue weighted by atomic mass is 79.9. The second kappa shape index (κ2) is 3.14. The summed E-state index contributed by atoms with van der Waals surface area (Å²) in [7, 11) is 0. The van der Waals surface area contributed by atoms with E-state index in [1.165, 1.54) is 0 Å². The van der Waals surface area contributed by atoms with Crippen molar-refractivity contribution in [3.63, 3.8) is 0 Å². The van der Waals surface area contributed by atoms with E-state index < -0.39 is 0 Å². The summed E-state index contributed by atoms with van der Waals surface area (Å²) in [4.78, 5) is 4.10. The molecular weight excluding hydrogens is 222 g/mol. The molecular formula is C7H10BrN3O. The van der Waals surface area contributed by atoms with Crippen molar-refractivity contribution in [2.45, 2.75) is 31.2 Å². The topological polar surface area (TPSA) is 64.9 Å². The minimum absolute atomic E-state index is 0.192. The summed E-state index contributed by atoms with van der Waals surface area (Å²) in [5.74, 6) is 0.940. The molecule has 1 fully saturated rings. The quantitative estimate of drug-likeness (QED) is 0.795. The molecule has 2 unspecified atom stereocenters. The number of hydrogen-bond donors (Lipinski definition) is 1. The van der Waals surface area contributed by atoms with E-state index in [0.29, 0.717) is 10.6 Å². The standard InChI is InChI=1S/C7H10BrN3O/c8-7-10-6(12-11-7)4-2-1-3-5(4)9/h4-5H,1-3,9H2. The average Bonchev–Trinajstić information content (AvgIpc) is 2.58. The molecule has 4 nitrogen and oxygen atoms in total. The first-order valence-corrected chi connectivity index (χ1v) is 4.81. The van der Waals surface area contributed by atoms with Crippen molar-refractivity contribution in [2.24, 2.45) is 5.73 Å². The van der Waals surface area contributed by atoms with Gasteiger partial charge in [-0.15, -0.1) is 0 Å². The Kier molecular flexibility index (Phi) is 2.14. The Bertz CT molecular complexity index is 275. The van der Waals surface area contributed by atoms with Crippen LogP contribution in [-0.2, 0) is 0 Å². The Morgan fingerprint density at radius 1 is 1.50 bits per heavy atom. The van der Waals surface area contributed by atoms with Crippen LogP contribution in [0, 0.1) is 0 Å². The lowest BCUT2D eigenvalue weighted by Gasteiger charge is -2.08. The molecule has 1 aromatic rings. The van der Waals surface area contributed by atoms with Crippen LogP contribution in [0.1, 0.15) is 31.1 Å². The van der Waals surface area contributed by atoms with Gasteiger partial charge in [-0.25, -0.2) is 0 Å². The van der Waals surface area contributed by atoms with E-state index >= 15 is 0 Å². The third kappa shape index (κ3) is 1.38. The fraction of sp³-hybridized carbons (Fsp3) is 0.714. The fourth-order valence-electron chi connectivity index (χ4n) is 1.66. The molecule has 0 amide bonds. The Labute approximate surface area is 78.6 Å². The zero-order chi connectivity index (χ0) is 8.55. The van der Waals surface area contributed by atoms with Crippen LogP contribution in [0.5, 0.6) is 0 Å². The van der Waals surface area contributed by atoms with Crippen LogP contribution in [-0.4, -0.2) is 16.2 Å². The van der Waals surface area contributed by atoms with E-state index in [4.69, 9.17) is 10.3 Å². The molecule has 5 heteroatoms. The van der Waals surface area contributed by atoms with Crippen molar-refractivity contribution in [1.82, 2.24) is 10.1 Å². The molecule has 66 valence electrons. The Hall–Kier alpha value is -0.420. The van der Waals surface area contributed by atoms with Gasteiger partial charge in [0, 0.05) is 6.04 Å². The maximum absolute atomic E-state index is 5.88. The van der Waals surface area contributed by atoms with E-state index in [1.54, 1.807) is 0 Å². The van der Waals surface area contributed by atoms with Gasteiger partial charge in [-0.1, -0.05) is 6.42 Å². The van der Waals surface area contributed by atoms with E-state index in [0.717, 1.165) is 19.3 Å². The second-order valence-corrected chi connectivity index (χ2v) is 3.81. The molecule has 1 heterocycles. The minimum atomic E-state index is 0.192. The number of hydrogen-bond acceptors (Lipinski definition) is 4. The first kappa shape index (κ1) is 8.19. The number of halogens is 1. The Balaban J connectivity index is 2.19. The summed E-state index contributed by atoms with van der Waals surface area (Å²) >= 11 is 3.14. The van der Waals surface area contributed by atoms with Crippen molar-refractivity contribution in [3.8, 4) is 0 Å². The zero-order valence-electron chi connectivity index (χ0n) is 6.53. The van der Waals surface area contributed by atoms with E-state index in [2.05, 4.69) is 26.1 Å². The van der Waals surface area contributed by atoms with Crippen LogP contribution in [0.3, 0.4) is 0 Å². The molecule has 0 saturated heterocycles. The summed E-state index contributed by atoms with van der Waals surface area (Å²) in [6.45, 7) is 0. The van der Waals surface area contributed by atoms with Gasteiger partial charge in [0.15, 0.2) is 0 Å². The van der Waals surface area contributed by atoms with Crippen molar-refractivity contribution >= 4 is 15.9 Å². The van der Waals surface area contributed by atoms with E-state index in [1.807, 2.05) is 0 Å². The van der Waals surface area contributed by atoms with Gasteiger partial charge < -0.3 is 10.3 Å². The van der Waals surface area contributed by atoms with Crippen molar-refractivity contribution in [1.29, 1.82) is 0 Å². The molecule has 1 aliphatic carbocycles. The van der Waals surface area contributed by atoms with Gasteiger partial charge in [-0.05, 0) is 33.9 Å². The second-order valence-electron chi connectivity index (χ2n) is 3.10. The number of aromatic nitrogens is 2. The van der Waals surface area contributed by atoms with E-state index in [-0.39, 0.29) is 12.0 Å². The molecule has 1 aromatic heterocycles. The molecule has 2 atom stereocenters. The summed E-state index contributed by atoms with van der Waals surface area (Å²) < 4.78 is 5.54. The Morgan fingerprint density at radius 3 is 2.83 bits per heavy atom. The van der Waals surface area contributed by atoms with Gasteiger partial charge in [0.25, 0.3) is 0 Å². The first-order chi connectivity index (χ1) is 5.77. The van der Waals surface area contributed by atoms with Gasteiger partial charge in [0.2, 0.25) is 10.6 Å². The van der Waals surface area contributed by atoms with Crippen LogP contribution < -0.4 is 5.73 Å². The predicted molar refractivity (Wildman–Crippen MR) is 46.6 cm³/mol. The maximum atomic E-state index is 5.88. The van der Waals surface area contributed by atoms with Crippen molar-refractivity contribution in [3.05, 3.63) is 10.6 Å². The lowest BCUT2D eigenvalue weighted by Crippen LogP contribution is -2.22. The highest BCUT2D eigenvalue weighted by Crippen LogP contribution is 2.32. The number of nitrogens with zero attached hydrogens (tertiary/aromatic N) is 2. The third-order valence-corrected chi connectivity index (χ3v) is 2.63. The molecule has 0 radical (unpaired) electrons. The van der Waals surface area contributed by atoms with Gasteiger partial charge in [-0.2, -0.15) is 4.98 Å². The molecule has 0 spiro atoms. The third-order valence-electron chi connectivity index (χ3n) is 2.30. The molecule has 1 saturated carbocycles. The Morgan fingerprint density at radius 2 is 2.33 bits per heavy atom. The lowest BCUT2D eigenvalue weighted by atomic mass is 10.1. The van der Waals surface area contributed by atoms with Gasteiger partial charge in [0.1, 0.15) is 0 Å². The molecule has 0 aromatic carbocycles. The molecule has 12 heavy (non-hydrogen) atoms. The van der Waals surface area contributed by atoms with Gasteiger partial charge >= 0.3 is 0 Å². The predicted octanol–water partition coefficient (Wildman–Crippen LogP) is 1.43. The first-order valence-electron chi connectivity index (χ1n) is 4.02. The van der Waals surface area contributed by atoms with Crippen molar-refractivity contribution in [2.75, 3.05) is 0 Å². The fourth-order valence-corrected chi connectivity index (χ4v) is 1.91. The summed E-state index contributed by atoms with van der Waals surface area (Å²) in [6.07, 6.45) is 3.28. The largest absolute Gasteiger partial charge is 0.338 e. The van der Waals surface area contributed by atoms with Crippen LogP contribution >= 0.6 is 15.9 Å². The maximum Gasteiger partial charge on any atom is 0.238 e. The van der Waals surface area contributed by atoms with E-state index in [9.17, 15) is 0 Å². The average molecular weight is 232 g/mol. The summed E-state index contributed by atoms with van der Waals surface area (Å²) in [5.41, 5.74) is 5.88. The van der Waals surface area contributed by atoms with Gasteiger partial charge in [-0.3, -0.25) is 0 Å². The van der Waals surface area contributed by atoms with Crippen LogP contribution in [0.25, 0.3) is 0 Å². The highest BCUT2D eigenvalue weighted by molar-refractivity contribution is 9.10. The smallest absolute Gasteiger partial charge is 0.238 e. The molecule has 1 aliphatic rings. The van der Waals surface area contributed by atoms with Crippen LogP contribution in [0.2, 0.25) is 0 Å². The number of rotatable bonds is 1. The minimum Gasteiger partial charge on any atom is -0.338 e. The normalized spacial score (nSPS) is 29.5. The SMILES string of the molecule is NC1CCCC1c1nc(Br)no1. The van der Waals surface area contributed by atoms with Crippen LogP contribution in [0.15, 0.2) is 9.26 Å². The lowest BCUT2D eigenvalue weighted by molar-refractivity contribution is 0.343. The zero-order valence-corrected chi connectivity index (χ0v) is 8.12. The summed E-state index contributed by atoms with van der Waals surface area (Å²) in [6, 6.07) is 0.192. The van der Waals surface area contributed by atoms with Crippen molar-refractivity contribution < 1.29 is 4.52 Å². The van der Waals surface area contributed by atoms with Gasteiger partial charge in [0.05, 0.1) is 5.92 Å². The molecule has 2 N–H and O–H groups in total. The highest BCUT2D eigenvalue weighted by Gasteiger charge is 2.29. The van der Waals surface area contributed by atoms with Crippen LogP contribution in [0.4, 0.5) is 0 Å². The molecule has 0 bridgehead atoms.